The number of nitrogens with one attached hydrogen (secondary N) is 1. The molecule has 10 heteroatoms. The zero-order valence-corrected chi connectivity index (χ0v) is 12.4. The molecule has 1 aromatic rings. The van der Waals surface area contributed by atoms with E-state index < -0.39 is 4.92 Å². The van der Waals surface area contributed by atoms with Crippen LogP contribution in [0.25, 0.3) is 10.4 Å². The first kappa shape index (κ1) is 16.2. The number of hydrogen-bond donors (Lipinski definition) is 1. The molecule has 1 fully saturated rings. The summed E-state index contributed by atoms with van der Waals surface area (Å²) in [5.41, 5.74) is 9.04. The van der Waals surface area contributed by atoms with Crippen LogP contribution >= 0.6 is 0 Å². The van der Waals surface area contributed by atoms with E-state index in [1.54, 1.807) is 7.11 Å². The van der Waals surface area contributed by atoms with Crippen LogP contribution in [0, 0.1) is 10.1 Å². The van der Waals surface area contributed by atoms with Gasteiger partial charge in [-0.3, -0.25) is 15.2 Å². The summed E-state index contributed by atoms with van der Waals surface area (Å²) in [7, 11) is 1.55. The number of nitro groups is 1. The molecule has 10 nitrogen and oxygen atoms in total. The average Bonchev–Trinajstić information content (AvgIpc) is 2.87. The molecular weight excluding hydrogens is 292 g/mol. The van der Waals surface area contributed by atoms with E-state index in [-0.39, 0.29) is 30.0 Å². The Labute approximate surface area is 126 Å². The number of nitrogens with zero attached hydrogens (tertiary/aromatic N) is 5. The van der Waals surface area contributed by atoms with Crippen LogP contribution in [-0.4, -0.2) is 46.6 Å². The normalized spacial score (nSPS) is 28.6. The average molecular weight is 310 g/mol. The smallest absolute Gasteiger partial charge is 0.309 e. The SMILES string of the molecule is CO[C@@H]1[C@H](C)O[C@H](Cc2[nH]ncc2[N+](=O)[O-])CC[C@H]1N=[N+]=[N-]. The number of methoxy groups -OCH3 is 1. The van der Waals surface area contributed by atoms with Crippen LogP contribution in [0.5, 0.6) is 0 Å². The second-order valence-electron chi connectivity index (χ2n) is 5.21. The first-order chi connectivity index (χ1) is 10.6. The number of rotatable bonds is 5. The van der Waals surface area contributed by atoms with Gasteiger partial charge in [-0.05, 0) is 25.3 Å². The molecule has 1 aromatic heterocycles. The van der Waals surface area contributed by atoms with Crippen molar-refractivity contribution >= 4 is 5.69 Å². The highest BCUT2D eigenvalue weighted by Crippen LogP contribution is 2.27. The Bertz CT molecular complexity index is 570. The van der Waals surface area contributed by atoms with E-state index in [1.807, 2.05) is 6.92 Å². The lowest BCUT2D eigenvalue weighted by Crippen LogP contribution is -2.36. The lowest BCUT2D eigenvalue weighted by Gasteiger charge is -2.25. The van der Waals surface area contributed by atoms with Crippen LogP contribution in [-0.2, 0) is 15.9 Å². The summed E-state index contributed by atoms with van der Waals surface area (Å²) >= 11 is 0. The van der Waals surface area contributed by atoms with Crippen molar-refractivity contribution in [1.29, 1.82) is 0 Å². The minimum absolute atomic E-state index is 0.0459. The van der Waals surface area contributed by atoms with Crippen LogP contribution in [0.2, 0.25) is 0 Å². The largest absolute Gasteiger partial charge is 0.378 e. The third kappa shape index (κ3) is 3.53. The molecule has 1 N–H and O–H groups in total. The Kier molecular flexibility index (Phi) is 5.31. The topological polar surface area (TPSA) is 139 Å². The first-order valence-electron chi connectivity index (χ1n) is 6.96. The molecule has 1 aliphatic heterocycles. The third-order valence-electron chi connectivity index (χ3n) is 3.83. The summed E-state index contributed by atoms with van der Waals surface area (Å²) < 4.78 is 11.3. The Balaban J connectivity index is 2.12. The Morgan fingerprint density at radius 3 is 3.09 bits per heavy atom. The monoisotopic (exact) mass is 310 g/mol. The first-order valence-corrected chi connectivity index (χ1v) is 6.96. The van der Waals surface area contributed by atoms with Gasteiger partial charge in [0, 0.05) is 18.4 Å². The quantitative estimate of drug-likeness (QED) is 0.292. The summed E-state index contributed by atoms with van der Waals surface area (Å²) in [6, 6.07) is -0.313. The third-order valence-corrected chi connectivity index (χ3v) is 3.83. The van der Waals surface area contributed by atoms with Gasteiger partial charge in [0.05, 0.1) is 29.3 Å². The summed E-state index contributed by atoms with van der Waals surface area (Å²) in [5.74, 6) is 0. The summed E-state index contributed by atoms with van der Waals surface area (Å²) in [5, 5.41) is 21.1. The van der Waals surface area contributed by atoms with Crippen molar-refractivity contribution in [2.24, 2.45) is 5.11 Å². The highest BCUT2D eigenvalue weighted by atomic mass is 16.6. The van der Waals surface area contributed by atoms with Crippen molar-refractivity contribution in [3.63, 3.8) is 0 Å². The molecule has 22 heavy (non-hydrogen) atoms. The van der Waals surface area contributed by atoms with E-state index in [2.05, 4.69) is 20.2 Å². The molecule has 0 aromatic carbocycles. The van der Waals surface area contributed by atoms with Crippen LogP contribution in [0.1, 0.15) is 25.5 Å². The van der Waals surface area contributed by atoms with Crippen molar-refractivity contribution < 1.29 is 14.4 Å². The predicted molar refractivity (Wildman–Crippen MR) is 76.2 cm³/mol. The van der Waals surface area contributed by atoms with E-state index in [9.17, 15) is 10.1 Å². The fourth-order valence-corrected chi connectivity index (χ4v) is 2.81. The fraction of sp³-hybridized carbons (Fsp3) is 0.750. The highest BCUT2D eigenvalue weighted by molar-refractivity contribution is 5.32. The van der Waals surface area contributed by atoms with Gasteiger partial charge in [0.15, 0.2) is 0 Å². The Morgan fingerprint density at radius 2 is 2.45 bits per heavy atom. The van der Waals surface area contributed by atoms with Crippen molar-refractivity contribution in [1.82, 2.24) is 10.2 Å². The lowest BCUT2D eigenvalue weighted by molar-refractivity contribution is -0.385. The van der Waals surface area contributed by atoms with Crippen molar-refractivity contribution in [2.45, 2.75) is 50.5 Å². The molecule has 4 atom stereocenters. The standard InChI is InChI=1S/C12H18N6O4/c1-7-12(21-2)9(16-17-13)4-3-8(22-7)5-10-11(18(19)20)6-14-15-10/h6-9,12H,3-5H2,1-2H3,(H,14,15)/t7-,8-,9+,12+/m0/s1. The predicted octanol–water partition coefficient (Wildman–Crippen LogP) is 2.12. The molecule has 1 aliphatic rings. The fourth-order valence-electron chi connectivity index (χ4n) is 2.81. The van der Waals surface area contributed by atoms with Crippen molar-refractivity contribution in [2.75, 3.05) is 7.11 Å². The molecule has 0 radical (unpaired) electrons. The molecule has 2 rings (SSSR count). The molecule has 1 saturated heterocycles. The van der Waals surface area contributed by atoms with Gasteiger partial charge in [-0.2, -0.15) is 5.10 Å². The maximum absolute atomic E-state index is 10.9. The van der Waals surface area contributed by atoms with Crippen LogP contribution < -0.4 is 0 Å². The minimum atomic E-state index is -0.473. The summed E-state index contributed by atoms with van der Waals surface area (Å²) in [6.45, 7) is 1.84. The number of ether oxygens (including phenoxy) is 2. The summed E-state index contributed by atoms with van der Waals surface area (Å²) in [4.78, 5) is 13.3. The van der Waals surface area contributed by atoms with Crippen LogP contribution in [0.3, 0.4) is 0 Å². The van der Waals surface area contributed by atoms with Gasteiger partial charge >= 0.3 is 5.69 Å². The maximum atomic E-state index is 10.9. The van der Waals surface area contributed by atoms with Gasteiger partial charge < -0.3 is 9.47 Å². The van der Waals surface area contributed by atoms with Crippen LogP contribution in [0.15, 0.2) is 11.3 Å². The minimum Gasteiger partial charge on any atom is -0.378 e. The van der Waals surface area contributed by atoms with E-state index in [4.69, 9.17) is 15.0 Å². The van der Waals surface area contributed by atoms with Gasteiger partial charge in [-0.15, -0.1) is 0 Å². The van der Waals surface area contributed by atoms with E-state index in [0.29, 0.717) is 25.0 Å². The Morgan fingerprint density at radius 1 is 1.68 bits per heavy atom. The van der Waals surface area contributed by atoms with E-state index >= 15 is 0 Å². The molecule has 0 saturated carbocycles. The second-order valence-corrected chi connectivity index (χ2v) is 5.21. The molecule has 0 aliphatic carbocycles. The number of H-pyrrole nitrogens is 1. The van der Waals surface area contributed by atoms with Gasteiger partial charge in [0.1, 0.15) is 11.9 Å². The molecule has 0 bridgehead atoms. The lowest BCUT2D eigenvalue weighted by atomic mass is 10.0. The molecule has 2 heterocycles. The zero-order valence-electron chi connectivity index (χ0n) is 12.4. The number of aromatic amines is 1. The Hall–Kier alpha value is -2.16. The molecule has 0 amide bonds. The van der Waals surface area contributed by atoms with Gasteiger partial charge in [0.25, 0.3) is 0 Å². The van der Waals surface area contributed by atoms with Crippen molar-refractivity contribution in [3.05, 3.63) is 32.4 Å². The summed E-state index contributed by atoms with van der Waals surface area (Å²) in [6.07, 6.45) is 1.90. The van der Waals surface area contributed by atoms with Gasteiger partial charge in [0.2, 0.25) is 0 Å². The maximum Gasteiger partial charge on any atom is 0.309 e. The van der Waals surface area contributed by atoms with E-state index in [1.165, 1.54) is 6.20 Å². The van der Waals surface area contributed by atoms with Gasteiger partial charge in [-0.1, -0.05) is 5.11 Å². The number of aromatic nitrogens is 2. The zero-order chi connectivity index (χ0) is 16.1. The van der Waals surface area contributed by atoms with Crippen LogP contribution in [0.4, 0.5) is 5.69 Å². The molecular formula is C12H18N6O4. The van der Waals surface area contributed by atoms with Crippen molar-refractivity contribution in [3.8, 4) is 0 Å². The molecule has 0 unspecified atom stereocenters. The number of hydrogen-bond acceptors (Lipinski definition) is 6. The van der Waals surface area contributed by atoms with E-state index in [0.717, 1.165) is 0 Å². The van der Waals surface area contributed by atoms with Gasteiger partial charge in [-0.25, -0.2) is 0 Å². The molecule has 120 valence electrons. The molecule has 0 spiro atoms. The highest BCUT2D eigenvalue weighted by Gasteiger charge is 2.34. The number of azide groups is 1. The second kappa shape index (κ2) is 7.21.